The minimum atomic E-state index is 0.0262. The van der Waals surface area contributed by atoms with Crippen molar-refractivity contribution < 1.29 is 18.7 Å². The van der Waals surface area contributed by atoms with Crippen molar-refractivity contribution in [3.8, 4) is 5.75 Å². The fourth-order valence-corrected chi connectivity index (χ4v) is 2.24. The van der Waals surface area contributed by atoms with Gasteiger partial charge in [0.25, 0.3) is 0 Å². The van der Waals surface area contributed by atoms with Gasteiger partial charge in [-0.3, -0.25) is 4.79 Å². The number of fused-ring (bicyclic) bond motifs is 1. The first-order chi connectivity index (χ1) is 9.20. The lowest BCUT2D eigenvalue weighted by Crippen LogP contribution is -2.04. The Hall–Kier alpha value is -1.81. The lowest BCUT2D eigenvalue weighted by molar-refractivity contribution is 0.101. The number of hydrogen-bond donors (Lipinski definition) is 0. The number of benzene rings is 1. The molecule has 1 aromatic carbocycles. The first-order valence-electron chi connectivity index (χ1n) is 6.50. The zero-order valence-corrected chi connectivity index (χ0v) is 11.1. The Bertz CT molecular complexity index is 622. The fourth-order valence-electron chi connectivity index (χ4n) is 2.24. The van der Waals surface area contributed by atoms with Gasteiger partial charge in [0.15, 0.2) is 17.1 Å². The van der Waals surface area contributed by atoms with Crippen molar-refractivity contribution in [1.82, 2.24) is 0 Å². The second-order valence-electron chi connectivity index (χ2n) is 4.71. The van der Waals surface area contributed by atoms with E-state index in [1.807, 2.05) is 25.1 Å². The molecule has 0 N–H and O–H groups in total. The maximum Gasteiger partial charge on any atom is 0.176 e. The highest BCUT2D eigenvalue weighted by molar-refractivity contribution is 6.08. The Morgan fingerprint density at radius 1 is 1.47 bits per heavy atom. The number of carbonyl (C=O) groups is 1. The monoisotopic (exact) mass is 260 g/mol. The van der Waals surface area contributed by atoms with Crippen LogP contribution in [0.3, 0.4) is 0 Å². The van der Waals surface area contributed by atoms with E-state index in [4.69, 9.17) is 13.9 Å². The summed E-state index contributed by atoms with van der Waals surface area (Å²) in [5.74, 6) is 1.43. The van der Waals surface area contributed by atoms with Gasteiger partial charge >= 0.3 is 0 Å². The number of epoxide rings is 1. The summed E-state index contributed by atoms with van der Waals surface area (Å²) in [6, 6.07) is 5.64. The molecule has 2 heterocycles. The summed E-state index contributed by atoms with van der Waals surface area (Å²) < 4.78 is 16.6. The van der Waals surface area contributed by atoms with Crippen molar-refractivity contribution in [1.29, 1.82) is 0 Å². The standard InChI is InChI=1S/C15H16O4/c1-3-12-14(9(2)16)11-5-4-6-13(15(11)19-12)18-8-10-7-17-10/h4-6,10H,3,7-8H2,1-2H3. The summed E-state index contributed by atoms with van der Waals surface area (Å²) >= 11 is 0. The largest absolute Gasteiger partial charge is 0.487 e. The summed E-state index contributed by atoms with van der Waals surface area (Å²) in [6.07, 6.45) is 0.887. The van der Waals surface area contributed by atoms with Crippen LogP contribution in [0.2, 0.25) is 0 Å². The van der Waals surface area contributed by atoms with Gasteiger partial charge in [-0.15, -0.1) is 0 Å². The predicted molar refractivity (Wildman–Crippen MR) is 70.8 cm³/mol. The Kier molecular flexibility index (Phi) is 3.03. The maximum absolute atomic E-state index is 11.8. The minimum absolute atomic E-state index is 0.0262. The second-order valence-corrected chi connectivity index (χ2v) is 4.71. The Morgan fingerprint density at radius 2 is 2.26 bits per heavy atom. The highest BCUT2D eigenvalue weighted by Crippen LogP contribution is 2.33. The topological polar surface area (TPSA) is 52.0 Å². The Labute approximate surface area is 111 Å². The molecule has 4 heteroatoms. The first-order valence-corrected chi connectivity index (χ1v) is 6.50. The van der Waals surface area contributed by atoms with E-state index >= 15 is 0 Å². The molecule has 1 aromatic heterocycles. The lowest BCUT2D eigenvalue weighted by Gasteiger charge is -2.04. The molecular weight excluding hydrogens is 244 g/mol. The number of furan rings is 1. The summed E-state index contributed by atoms with van der Waals surface area (Å²) in [5, 5.41) is 0.832. The molecule has 1 aliphatic rings. The van der Waals surface area contributed by atoms with Crippen LogP contribution in [0.15, 0.2) is 22.6 Å². The van der Waals surface area contributed by atoms with Crippen molar-refractivity contribution in [2.24, 2.45) is 0 Å². The van der Waals surface area contributed by atoms with Crippen molar-refractivity contribution in [3.05, 3.63) is 29.5 Å². The van der Waals surface area contributed by atoms with Crippen LogP contribution < -0.4 is 4.74 Å². The molecule has 0 aliphatic carbocycles. The van der Waals surface area contributed by atoms with Gasteiger partial charge in [-0.1, -0.05) is 19.1 Å². The summed E-state index contributed by atoms with van der Waals surface area (Å²) in [5.41, 5.74) is 1.33. The van der Waals surface area contributed by atoms with Crippen LogP contribution in [0.5, 0.6) is 5.75 Å². The SMILES string of the molecule is CCc1oc2c(OCC3CO3)cccc2c1C(C)=O. The average Bonchev–Trinajstić information content (AvgIpc) is 3.13. The van der Waals surface area contributed by atoms with E-state index in [1.165, 1.54) is 0 Å². The predicted octanol–water partition coefficient (Wildman–Crippen LogP) is 2.98. The molecule has 1 unspecified atom stereocenters. The van der Waals surface area contributed by atoms with Crippen molar-refractivity contribution in [2.45, 2.75) is 26.4 Å². The van der Waals surface area contributed by atoms with Gasteiger partial charge in [-0.05, 0) is 13.0 Å². The van der Waals surface area contributed by atoms with Crippen LogP contribution in [0, 0.1) is 0 Å². The Balaban J connectivity index is 2.05. The molecule has 2 aromatic rings. The molecule has 19 heavy (non-hydrogen) atoms. The third-order valence-electron chi connectivity index (χ3n) is 3.25. The highest BCUT2D eigenvalue weighted by atomic mass is 16.6. The van der Waals surface area contributed by atoms with E-state index in [2.05, 4.69) is 0 Å². The number of ketones is 1. The summed E-state index contributed by atoms with van der Waals surface area (Å²) in [6.45, 7) is 4.82. The van der Waals surface area contributed by atoms with Crippen LogP contribution in [0.4, 0.5) is 0 Å². The minimum Gasteiger partial charge on any atom is -0.487 e. The molecule has 0 saturated carbocycles. The molecule has 100 valence electrons. The molecule has 3 rings (SSSR count). The molecule has 4 nitrogen and oxygen atoms in total. The normalized spacial score (nSPS) is 17.7. The Morgan fingerprint density at radius 3 is 2.89 bits per heavy atom. The molecule has 1 aliphatic heterocycles. The molecule has 0 radical (unpaired) electrons. The van der Waals surface area contributed by atoms with Crippen LogP contribution >= 0.6 is 0 Å². The van der Waals surface area contributed by atoms with E-state index in [-0.39, 0.29) is 11.9 Å². The van der Waals surface area contributed by atoms with Crippen LogP contribution in [0.1, 0.15) is 30.0 Å². The fraction of sp³-hybridized carbons (Fsp3) is 0.400. The average molecular weight is 260 g/mol. The number of Topliss-reactive ketones (excluding diaryl/α,β-unsaturated/α-hetero) is 1. The smallest absolute Gasteiger partial charge is 0.176 e. The molecular formula is C15H16O4. The quantitative estimate of drug-likeness (QED) is 0.612. The van der Waals surface area contributed by atoms with Gasteiger partial charge in [0.2, 0.25) is 0 Å². The van der Waals surface area contributed by atoms with Crippen LogP contribution in [-0.4, -0.2) is 25.1 Å². The van der Waals surface area contributed by atoms with E-state index in [0.717, 1.165) is 17.8 Å². The molecule has 0 bridgehead atoms. The first kappa shape index (κ1) is 12.2. The lowest BCUT2D eigenvalue weighted by atomic mass is 10.1. The summed E-state index contributed by atoms with van der Waals surface area (Å²) in [4.78, 5) is 11.8. The van der Waals surface area contributed by atoms with Gasteiger partial charge in [-0.2, -0.15) is 0 Å². The highest BCUT2D eigenvalue weighted by Gasteiger charge is 2.24. The van der Waals surface area contributed by atoms with Crippen molar-refractivity contribution >= 4 is 16.8 Å². The molecule has 1 fully saturated rings. The van der Waals surface area contributed by atoms with Crippen molar-refractivity contribution in [3.63, 3.8) is 0 Å². The van der Waals surface area contributed by atoms with E-state index in [1.54, 1.807) is 6.92 Å². The molecule has 1 saturated heterocycles. The zero-order chi connectivity index (χ0) is 13.4. The van der Waals surface area contributed by atoms with Crippen molar-refractivity contribution in [2.75, 3.05) is 13.2 Å². The third-order valence-corrected chi connectivity index (χ3v) is 3.25. The maximum atomic E-state index is 11.8. The number of ether oxygens (including phenoxy) is 2. The summed E-state index contributed by atoms with van der Waals surface area (Å²) in [7, 11) is 0. The van der Waals surface area contributed by atoms with E-state index in [9.17, 15) is 4.79 Å². The molecule has 1 atom stereocenters. The number of aryl methyl sites for hydroxylation is 1. The van der Waals surface area contributed by atoms with Gasteiger partial charge in [-0.25, -0.2) is 0 Å². The van der Waals surface area contributed by atoms with Gasteiger partial charge in [0.05, 0.1) is 12.2 Å². The molecule has 0 amide bonds. The van der Waals surface area contributed by atoms with E-state index < -0.39 is 0 Å². The van der Waals surface area contributed by atoms with Crippen LogP contribution in [-0.2, 0) is 11.2 Å². The van der Waals surface area contributed by atoms with Gasteiger partial charge in [0, 0.05) is 11.8 Å². The van der Waals surface area contributed by atoms with E-state index in [0.29, 0.717) is 29.9 Å². The van der Waals surface area contributed by atoms with Crippen LogP contribution in [0.25, 0.3) is 11.0 Å². The second kappa shape index (κ2) is 4.70. The molecule has 0 spiro atoms. The number of hydrogen-bond acceptors (Lipinski definition) is 4. The van der Waals surface area contributed by atoms with Gasteiger partial charge in [0.1, 0.15) is 18.5 Å². The number of para-hydroxylation sites is 1. The number of carbonyl (C=O) groups excluding carboxylic acids is 1. The third kappa shape index (κ3) is 2.24. The zero-order valence-electron chi connectivity index (χ0n) is 11.1. The number of rotatable bonds is 5. The van der Waals surface area contributed by atoms with Gasteiger partial charge < -0.3 is 13.9 Å².